The lowest BCUT2D eigenvalue weighted by atomic mass is 10.1. The number of methoxy groups -OCH3 is 2. The number of nitrogens with zero attached hydrogens (tertiary/aromatic N) is 1. The molecule has 3 aromatic rings. The SMILES string of the molecule is COc1cccc(NC(=O)COc2cc(C)nc3ccc(OC)cc23)c1. The van der Waals surface area contributed by atoms with Gasteiger partial charge in [0.2, 0.25) is 0 Å². The molecule has 1 aromatic heterocycles. The summed E-state index contributed by atoms with van der Waals surface area (Å²) in [4.78, 5) is 16.7. The van der Waals surface area contributed by atoms with Crippen molar-refractivity contribution in [1.82, 2.24) is 4.98 Å². The number of nitrogens with one attached hydrogen (secondary N) is 1. The Morgan fingerprint density at radius 2 is 1.81 bits per heavy atom. The molecule has 0 fully saturated rings. The average Bonchev–Trinajstić information content (AvgIpc) is 2.65. The number of pyridine rings is 1. The predicted molar refractivity (Wildman–Crippen MR) is 100 cm³/mol. The molecule has 0 spiro atoms. The van der Waals surface area contributed by atoms with Gasteiger partial charge in [0.1, 0.15) is 17.2 Å². The van der Waals surface area contributed by atoms with E-state index in [0.717, 1.165) is 16.6 Å². The third kappa shape index (κ3) is 4.03. The molecule has 2 aromatic carbocycles. The highest BCUT2D eigenvalue weighted by molar-refractivity contribution is 5.93. The normalized spacial score (nSPS) is 10.4. The van der Waals surface area contributed by atoms with Crippen molar-refractivity contribution in [3.05, 3.63) is 54.2 Å². The van der Waals surface area contributed by atoms with Gasteiger partial charge in [-0.2, -0.15) is 0 Å². The molecule has 0 radical (unpaired) electrons. The van der Waals surface area contributed by atoms with Crippen molar-refractivity contribution >= 4 is 22.5 Å². The molecular formula is C20H20N2O4. The van der Waals surface area contributed by atoms with Crippen LogP contribution < -0.4 is 19.5 Å². The number of rotatable bonds is 6. The highest BCUT2D eigenvalue weighted by Crippen LogP contribution is 2.29. The van der Waals surface area contributed by atoms with Gasteiger partial charge in [-0.1, -0.05) is 6.07 Å². The molecule has 134 valence electrons. The molecule has 26 heavy (non-hydrogen) atoms. The molecule has 0 bridgehead atoms. The summed E-state index contributed by atoms with van der Waals surface area (Å²) in [5.74, 6) is 1.70. The minimum atomic E-state index is -0.260. The number of anilines is 1. The van der Waals surface area contributed by atoms with Gasteiger partial charge in [-0.15, -0.1) is 0 Å². The number of amides is 1. The molecule has 0 aliphatic heterocycles. The predicted octanol–water partition coefficient (Wildman–Crippen LogP) is 3.58. The molecule has 1 heterocycles. The van der Waals surface area contributed by atoms with Crippen LogP contribution in [0.1, 0.15) is 5.69 Å². The number of ether oxygens (including phenoxy) is 3. The summed E-state index contributed by atoms with van der Waals surface area (Å²) in [7, 11) is 3.18. The quantitative estimate of drug-likeness (QED) is 0.734. The van der Waals surface area contributed by atoms with Gasteiger partial charge in [-0.3, -0.25) is 9.78 Å². The Balaban J connectivity index is 1.75. The number of aryl methyl sites for hydroxylation is 1. The number of aromatic nitrogens is 1. The zero-order valence-corrected chi connectivity index (χ0v) is 14.9. The van der Waals surface area contributed by atoms with Gasteiger partial charge < -0.3 is 19.5 Å². The van der Waals surface area contributed by atoms with E-state index in [1.54, 1.807) is 38.5 Å². The third-order valence-electron chi connectivity index (χ3n) is 3.82. The maximum absolute atomic E-state index is 12.2. The minimum Gasteiger partial charge on any atom is -0.497 e. The van der Waals surface area contributed by atoms with Crippen molar-refractivity contribution in [2.24, 2.45) is 0 Å². The molecule has 6 heteroatoms. The zero-order valence-electron chi connectivity index (χ0n) is 14.9. The van der Waals surface area contributed by atoms with Crippen molar-refractivity contribution in [3.63, 3.8) is 0 Å². The van der Waals surface area contributed by atoms with Crippen LogP contribution in [0, 0.1) is 6.92 Å². The van der Waals surface area contributed by atoms with Crippen LogP contribution in [0.3, 0.4) is 0 Å². The number of hydrogen-bond acceptors (Lipinski definition) is 5. The third-order valence-corrected chi connectivity index (χ3v) is 3.82. The molecule has 1 amide bonds. The van der Waals surface area contributed by atoms with E-state index in [9.17, 15) is 4.79 Å². The standard InChI is InChI=1S/C20H20N2O4/c1-13-9-19(17-11-16(25-3)7-8-18(17)21-13)26-12-20(23)22-14-5-4-6-15(10-14)24-2/h4-11H,12H2,1-3H3,(H,22,23). The molecule has 0 aliphatic carbocycles. The number of carbonyl (C=O) groups is 1. The Hall–Kier alpha value is -3.28. The number of carbonyl (C=O) groups excluding carboxylic acids is 1. The highest BCUT2D eigenvalue weighted by Gasteiger charge is 2.10. The fourth-order valence-electron chi connectivity index (χ4n) is 2.59. The lowest BCUT2D eigenvalue weighted by molar-refractivity contribution is -0.118. The van der Waals surface area contributed by atoms with E-state index < -0.39 is 0 Å². The summed E-state index contributed by atoms with van der Waals surface area (Å²) in [5, 5.41) is 3.58. The second kappa shape index (κ2) is 7.74. The first-order chi connectivity index (χ1) is 12.6. The summed E-state index contributed by atoms with van der Waals surface area (Å²) in [5.41, 5.74) is 2.25. The van der Waals surface area contributed by atoms with E-state index in [0.29, 0.717) is 22.9 Å². The Labute approximate surface area is 151 Å². The Bertz CT molecular complexity index is 940. The smallest absolute Gasteiger partial charge is 0.262 e. The molecule has 3 rings (SSSR count). The lowest BCUT2D eigenvalue weighted by Crippen LogP contribution is -2.20. The topological polar surface area (TPSA) is 69.7 Å². The summed E-state index contributed by atoms with van der Waals surface area (Å²) in [6.07, 6.45) is 0. The minimum absolute atomic E-state index is 0.118. The van der Waals surface area contributed by atoms with E-state index in [2.05, 4.69) is 10.3 Å². The molecule has 6 nitrogen and oxygen atoms in total. The molecule has 0 aliphatic rings. The first-order valence-electron chi connectivity index (χ1n) is 8.11. The van der Waals surface area contributed by atoms with Crippen LogP contribution in [0.5, 0.6) is 17.2 Å². The first-order valence-corrected chi connectivity index (χ1v) is 8.11. The number of hydrogen-bond donors (Lipinski definition) is 1. The van der Waals surface area contributed by atoms with E-state index in [4.69, 9.17) is 14.2 Å². The van der Waals surface area contributed by atoms with Crippen molar-refractivity contribution in [2.45, 2.75) is 6.92 Å². The van der Waals surface area contributed by atoms with Crippen molar-refractivity contribution in [2.75, 3.05) is 26.1 Å². The van der Waals surface area contributed by atoms with Gasteiger partial charge in [-0.25, -0.2) is 0 Å². The van der Waals surface area contributed by atoms with E-state index in [1.165, 1.54) is 0 Å². The fraction of sp³-hybridized carbons (Fsp3) is 0.200. The van der Waals surface area contributed by atoms with Crippen LogP contribution in [0.2, 0.25) is 0 Å². The molecule has 0 unspecified atom stereocenters. The van der Waals surface area contributed by atoms with E-state index >= 15 is 0 Å². The Morgan fingerprint density at radius 3 is 2.58 bits per heavy atom. The van der Waals surface area contributed by atoms with Gasteiger partial charge in [0, 0.05) is 28.9 Å². The van der Waals surface area contributed by atoms with Crippen LogP contribution in [-0.4, -0.2) is 31.7 Å². The number of fused-ring (bicyclic) bond motifs is 1. The van der Waals surface area contributed by atoms with Gasteiger partial charge in [0.15, 0.2) is 6.61 Å². The van der Waals surface area contributed by atoms with Gasteiger partial charge in [0.25, 0.3) is 5.91 Å². The monoisotopic (exact) mass is 352 g/mol. The lowest BCUT2D eigenvalue weighted by Gasteiger charge is -2.12. The second-order valence-corrected chi connectivity index (χ2v) is 5.71. The van der Waals surface area contributed by atoms with Gasteiger partial charge in [0.05, 0.1) is 19.7 Å². The maximum Gasteiger partial charge on any atom is 0.262 e. The maximum atomic E-state index is 12.2. The van der Waals surface area contributed by atoms with Crippen LogP contribution >= 0.6 is 0 Å². The van der Waals surface area contributed by atoms with Gasteiger partial charge >= 0.3 is 0 Å². The van der Waals surface area contributed by atoms with E-state index in [1.807, 2.05) is 31.2 Å². The molecular weight excluding hydrogens is 332 g/mol. The molecule has 0 saturated carbocycles. The summed E-state index contributed by atoms with van der Waals surface area (Å²) in [6.45, 7) is 1.76. The largest absolute Gasteiger partial charge is 0.497 e. The Morgan fingerprint density at radius 1 is 1.04 bits per heavy atom. The van der Waals surface area contributed by atoms with Crippen LogP contribution in [0.15, 0.2) is 48.5 Å². The van der Waals surface area contributed by atoms with Crippen molar-refractivity contribution < 1.29 is 19.0 Å². The fourth-order valence-corrected chi connectivity index (χ4v) is 2.59. The van der Waals surface area contributed by atoms with Crippen LogP contribution in [0.25, 0.3) is 10.9 Å². The average molecular weight is 352 g/mol. The van der Waals surface area contributed by atoms with Crippen LogP contribution in [-0.2, 0) is 4.79 Å². The van der Waals surface area contributed by atoms with Crippen molar-refractivity contribution in [1.29, 1.82) is 0 Å². The summed E-state index contributed by atoms with van der Waals surface area (Å²) >= 11 is 0. The van der Waals surface area contributed by atoms with E-state index in [-0.39, 0.29) is 12.5 Å². The highest BCUT2D eigenvalue weighted by atomic mass is 16.5. The summed E-state index contributed by atoms with van der Waals surface area (Å²) < 4.78 is 16.2. The first kappa shape index (κ1) is 17.5. The van der Waals surface area contributed by atoms with Crippen molar-refractivity contribution in [3.8, 4) is 17.2 Å². The molecule has 0 saturated heterocycles. The second-order valence-electron chi connectivity index (χ2n) is 5.71. The summed E-state index contributed by atoms with van der Waals surface area (Å²) in [6, 6.07) is 14.5. The Kier molecular flexibility index (Phi) is 5.22. The van der Waals surface area contributed by atoms with Crippen LogP contribution in [0.4, 0.5) is 5.69 Å². The van der Waals surface area contributed by atoms with Gasteiger partial charge in [-0.05, 0) is 37.3 Å². The number of benzene rings is 2. The zero-order chi connectivity index (χ0) is 18.5. The molecule has 0 atom stereocenters. The molecule has 1 N–H and O–H groups in total.